The summed E-state index contributed by atoms with van der Waals surface area (Å²) in [4.78, 5) is 11.2. The van der Waals surface area contributed by atoms with E-state index in [1.54, 1.807) is 28.6 Å². The van der Waals surface area contributed by atoms with Gasteiger partial charge in [-0.3, -0.25) is 0 Å². The molecular weight excluding hydrogens is 513 g/mol. The van der Waals surface area contributed by atoms with Gasteiger partial charge in [0.2, 0.25) is 0 Å². The van der Waals surface area contributed by atoms with E-state index < -0.39 is 10.0 Å². The topological polar surface area (TPSA) is 0 Å². The van der Waals surface area contributed by atoms with E-state index in [4.69, 9.17) is 0 Å². The Balaban J connectivity index is 0.00000115. The Morgan fingerprint density at radius 2 is 1.22 bits per heavy atom. The predicted molar refractivity (Wildman–Crippen MR) is 170 cm³/mol. The van der Waals surface area contributed by atoms with E-state index in [0.29, 0.717) is 0 Å². The molecule has 0 unspecified atom stereocenters. The number of unbranched alkanes of at least 4 members (excludes halogenated alkanes) is 4. The van der Waals surface area contributed by atoms with Gasteiger partial charge in [-0.1, -0.05) is 79.6 Å². The predicted octanol–water partition coefficient (Wildman–Crippen LogP) is 12.9. The number of hydrogen-bond acceptors (Lipinski definition) is 3. The van der Waals surface area contributed by atoms with Crippen molar-refractivity contribution in [3.8, 4) is 9.75 Å². The monoisotopic (exact) mass is 562 g/mol. The molecule has 0 bridgehead atoms. The molecule has 0 aliphatic carbocycles. The first kappa shape index (κ1) is 30.0. The largest absolute Gasteiger partial charge is 0.148 e. The van der Waals surface area contributed by atoms with E-state index in [0.717, 1.165) is 5.92 Å². The SMILES string of the molecule is CCC.CCCCCc1ccc(S2(CC(CCCC)CCCC)c3cc(C)sc3-c3sc(C)cc32)s1. The van der Waals surface area contributed by atoms with Gasteiger partial charge in [0.05, 0.1) is 14.0 Å². The lowest BCUT2D eigenvalue weighted by atomic mass is 9.98. The lowest BCUT2D eigenvalue weighted by Gasteiger charge is -2.39. The minimum Gasteiger partial charge on any atom is -0.148 e. The van der Waals surface area contributed by atoms with Crippen LogP contribution in [0.5, 0.6) is 0 Å². The molecule has 0 radical (unpaired) electrons. The molecule has 1 aliphatic heterocycles. The highest BCUT2D eigenvalue weighted by atomic mass is 32.3. The van der Waals surface area contributed by atoms with Gasteiger partial charge in [-0.25, -0.2) is 0 Å². The van der Waals surface area contributed by atoms with Gasteiger partial charge < -0.3 is 0 Å². The second-order valence-corrected chi connectivity index (χ2v) is 17.6. The Kier molecular flexibility index (Phi) is 12.1. The summed E-state index contributed by atoms with van der Waals surface area (Å²) in [5, 5.41) is 0. The van der Waals surface area contributed by atoms with Crippen molar-refractivity contribution in [2.45, 2.75) is 133 Å². The van der Waals surface area contributed by atoms with Crippen molar-refractivity contribution in [2.24, 2.45) is 5.92 Å². The third kappa shape index (κ3) is 6.71. The smallest absolute Gasteiger partial charge is 0.0584 e. The average Bonchev–Trinajstić information content (AvgIpc) is 3.61. The molecular formula is C32H50S4. The van der Waals surface area contributed by atoms with Crippen LogP contribution in [0.1, 0.15) is 113 Å². The van der Waals surface area contributed by atoms with Crippen LogP contribution in [-0.2, 0) is 6.42 Å². The summed E-state index contributed by atoms with van der Waals surface area (Å²) >= 11 is 6.27. The standard InChI is InChI=1S/C29H42S4.C3H8/c1-6-9-12-15-24-16-17-27(32-24)33(20-23(13-10-7-2)14-11-8-3)25-18-21(4)30-28(25)29-26(33)19-22(5)31-29;1-3-2/h16-19,23H,6-15,20H2,1-5H3;3H2,1-2H3. The highest BCUT2D eigenvalue weighted by Gasteiger charge is 2.45. The molecule has 0 aromatic carbocycles. The Morgan fingerprint density at radius 1 is 0.694 bits per heavy atom. The molecule has 4 heterocycles. The van der Waals surface area contributed by atoms with E-state index >= 15 is 0 Å². The first-order valence-electron chi connectivity index (χ1n) is 14.6. The summed E-state index contributed by atoms with van der Waals surface area (Å²) in [6.07, 6.45) is 14.7. The zero-order valence-electron chi connectivity index (χ0n) is 24.0. The maximum absolute atomic E-state index is 2.59. The molecule has 4 heteroatoms. The number of hydrogen-bond donors (Lipinski definition) is 0. The van der Waals surface area contributed by atoms with E-state index in [-0.39, 0.29) is 0 Å². The molecule has 0 spiro atoms. The van der Waals surface area contributed by atoms with Crippen LogP contribution in [0.15, 0.2) is 38.3 Å². The van der Waals surface area contributed by atoms with Crippen molar-refractivity contribution >= 4 is 44.0 Å². The summed E-state index contributed by atoms with van der Waals surface area (Å²) in [6.45, 7) is 15.9. The van der Waals surface area contributed by atoms with Gasteiger partial charge in [-0.05, 0) is 75.5 Å². The molecule has 0 fully saturated rings. The molecule has 0 N–H and O–H groups in total. The highest BCUT2D eigenvalue weighted by Crippen LogP contribution is 2.80. The van der Waals surface area contributed by atoms with Crippen LogP contribution in [0, 0.1) is 19.8 Å². The van der Waals surface area contributed by atoms with Crippen molar-refractivity contribution < 1.29 is 0 Å². The van der Waals surface area contributed by atoms with Gasteiger partial charge in [0, 0.05) is 24.4 Å². The van der Waals surface area contributed by atoms with Crippen LogP contribution < -0.4 is 0 Å². The van der Waals surface area contributed by atoms with Crippen LogP contribution in [0.4, 0.5) is 0 Å². The minimum absolute atomic E-state index is 0.838. The second kappa shape index (κ2) is 14.6. The van der Waals surface area contributed by atoms with Crippen molar-refractivity contribution in [1.82, 2.24) is 0 Å². The Morgan fingerprint density at radius 3 is 1.72 bits per heavy atom. The molecule has 202 valence electrons. The quantitative estimate of drug-likeness (QED) is 0.182. The molecule has 36 heavy (non-hydrogen) atoms. The van der Waals surface area contributed by atoms with Gasteiger partial charge >= 0.3 is 0 Å². The fourth-order valence-electron chi connectivity index (χ4n) is 5.29. The molecule has 4 rings (SSSR count). The molecule has 0 saturated carbocycles. The van der Waals surface area contributed by atoms with Gasteiger partial charge in [0.25, 0.3) is 0 Å². The van der Waals surface area contributed by atoms with Gasteiger partial charge in [0.15, 0.2) is 0 Å². The van der Waals surface area contributed by atoms with Gasteiger partial charge in [-0.15, -0.1) is 44.0 Å². The molecule has 0 atom stereocenters. The molecule has 0 amide bonds. The molecule has 1 aliphatic rings. The van der Waals surface area contributed by atoms with Crippen molar-refractivity contribution in [2.75, 3.05) is 5.75 Å². The number of aryl methyl sites for hydroxylation is 3. The number of fused-ring (bicyclic) bond motifs is 3. The molecule has 0 saturated heterocycles. The first-order chi connectivity index (χ1) is 17.4. The van der Waals surface area contributed by atoms with E-state index in [1.165, 1.54) is 86.1 Å². The summed E-state index contributed by atoms with van der Waals surface area (Å²) < 4.78 is 1.70. The zero-order valence-corrected chi connectivity index (χ0v) is 27.3. The van der Waals surface area contributed by atoms with Crippen molar-refractivity contribution in [3.05, 3.63) is 38.9 Å². The fourth-order valence-corrected chi connectivity index (χ4v) is 15.2. The Bertz CT molecular complexity index is 996. The fraction of sp³-hybridized carbons (Fsp3) is 0.625. The van der Waals surface area contributed by atoms with Crippen molar-refractivity contribution in [3.63, 3.8) is 0 Å². The lowest BCUT2D eigenvalue weighted by molar-refractivity contribution is 0.459. The third-order valence-electron chi connectivity index (χ3n) is 7.02. The highest BCUT2D eigenvalue weighted by molar-refractivity contribution is 8.35. The maximum atomic E-state index is 2.59. The average molecular weight is 563 g/mol. The van der Waals surface area contributed by atoms with E-state index in [9.17, 15) is 0 Å². The summed E-state index contributed by atoms with van der Waals surface area (Å²) in [7, 11) is -1.15. The summed E-state index contributed by atoms with van der Waals surface area (Å²) in [6, 6.07) is 10.2. The molecule has 3 aromatic heterocycles. The zero-order chi connectivity index (χ0) is 26.1. The van der Waals surface area contributed by atoms with Gasteiger partial charge in [-0.2, -0.15) is 0 Å². The van der Waals surface area contributed by atoms with Crippen LogP contribution in [0.2, 0.25) is 0 Å². The Labute approximate surface area is 236 Å². The van der Waals surface area contributed by atoms with Gasteiger partial charge in [0.1, 0.15) is 0 Å². The van der Waals surface area contributed by atoms with Crippen LogP contribution in [0.3, 0.4) is 0 Å². The number of thiophene rings is 3. The number of rotatable bonds is 13. The normalized spacial score (nSPS) is 14.4. The summed E-state index contributed by atoms with van der Waals surface area (Å²) in [5.41, 5.74) is 0. The molecule has 0 nitrogen and oxygen atoms in total. The van der Waals surface area contributed by atoms with Crippen LogP contribution in [0.25, 0.3) is 9.75 Å². The van der Waals surface area contributed by atoms with Crippen LogP contribution in [-0.4, -0.2) is 5.75 Å². The van der Waals surface area contributed by atoms with Crippen LogP contribution >= 0.6 is 44.0 Å². The maximum Gasteiger partial charge on any atom is 0.0584 e. The molecule has 3 aromatic rings. The van der Waals surface area contributed by atoms with E-state index in [1.807, 2.05) is 0 Å². The van der Waals surface area contributed by atoms with E-state index in [2.05, 4.69) is 107 Å². The third-order valence-corrected chi connectivity index (χ3v) is 15.5. The summed E-state index contributed by atoms with van der Waals surface area (Å²) in [5.74, 6) is 2.21. The first-order valence-corrected chi connectivity index (χ1v) is 18.8. The second-order valence-electron chi connectivity index (χ2n) is 10.5. The Hall–Kier alpha value is -0.550. The minimum atomic E-state index is -1.15. The van der Waals surface area contributed by atoms with Crippen molar-refractivity contribution in [1.29, 1.82) is 0 Å². The lowest BCUT2D eigenvalue weighted by Crippen LogP contribution is -2.14.